The Morgan fingerprint density at radius 2 is 2.13 bits per heavy atom. The minimum Gasteiger partial charge on any atom is -0.370 e. The zero-order valence-electron chi connectivity index (χ0n) is 17.7. The molecule has 4 N–H and O–H groups in total. The van der Waals surface area contributed by atoms with Gasteiger partial charge in [-0.15, -0.1) is 11.3 Å². The second-order valence-corrected chi connectivity index (χ2v) is 10.7. The van der Waals surface area contributed by atoms with Crippen LogP contribution in [0.1, 0.15) is 47.9 Å². The lowest BCUT2D eigenvalue weighted by molar-refractivity contribution is 0.443. The number of benzene rings is 1. The molecule has 6 rings (SSSR count). The molecular formula is C23H27ClN6S. The quantitative estimate of drug-likeness (QED) is 0.560. The van der Waals surface area contributed by atoms with Gasteiger partial charge in [-0.1, -0.05) is 35.9 Å². The van der Waals surface area contributed by atoms with E-state index in [0.29, 0.717) is 0 Å². The molecule has 1 aliphatic carbocycles. The zero-order chi connectivity index (χ0) is 21.2. The van der Waals surface area contributed by atoms with Crippen molar-refractivity contribution in [2.45, 2.75) is 50.5 Å². The number of nitrogens with zero attached hydrogens (tertiary/aromatic N) is 2. The molecule has 1 saturated heterocycles. The molecule has 4 heterocycles. The molecule has 1 fully saturated rings. The van der Waals surface area contributed by atoms with E-state index in [1.54, 1.807) is 0 Å². The van der Waals surface area contributed by atoms with Crippen molar-refractivity contribution in [3.63, 3.8) is 0 Å². The lowest BCUT2D eigenvalue weighted by Gasteiger charge is -2.30. The van der Waals surface area contributed by atoms with Gasteiger partial charge in [0.2, 0.25) is 0 Å². The maximum absolute atomic E-state index is 6.76. The van der Waals surface area contributed by atoms with Crippen LogP contribution in [0.3, 0.4) is 0 Å². The number of allylic oxidation sites excluding steroid dienone is 1. The number of anilines is 1. The van der Waals surface area contributed by atoms with Crippen LogP contribution in [0.5, 0.6) is 0 Å². The van der Waals surface area contributed by atoms with Crippen LogP contribution in [0.15, 0.2) is 35.3 Å². The molecule has 162 valence electrons. The number of rotatable bonds is 2. The van der Waals surface area contributed by atoms with Crippen LogP contribution in [-0.4, -0.2) is 36.8 Å². The summed E-state index contributed by atoms with van der Waals surface area (Å²) in [6.07, 6.45) is 6.77. The Labute approximate surface area is 191 Å². The molecular weight excluding hydrogens is 428 g/mol. The minimum atomic E-state index is -0.102. The molecule has 6 nitrogen and oxygen atoms in total. The number of thiophene rings is 1. The maximum Gasteiger partial charge on any atom is 0.118 e. The van der Waals surface area contributed by atoms with Gasteiger partial charge in [0.15, 0.2) is 0 Å². The topological polar surface area (TPSA) is 63.7 Å². The predicted octanol–water partition coefficient (Wildman–Crippen LogP) is 3.40. The Hall–Kier alpha value is -1.90. The molecule has 0 bridgehead atoms. The first-order valence-corrected chi connectivity index (χ1v) is 12.1. The van der Waals surface area contributed by atoms with Crippen LogP contribution < -0.4 is 26.4 Å². The summed E-state index contributed by atoms with van der Waals surface area (Å²) < 4.78 is 0. The molecule has 8 heteroatoms. The third kappa shape index (κ3) is 3.22. The van der Waals surface area contributed by atoms with E-state index in [4.69, 9.17) is 16.6 Å². The number of nitrogens with one attached hydrogen (secondary N) is 4. The summed E-state index contributed by atoms with van der Waals surface area (Å²) in [5.41, 5.74) is 10.7. The summed E-state index contributed by atoms with van der Waals surface area (Å²) in [7, 11) is 0. The van der Waals surface area contributed by atoms with Crippen LogP contribution >= 0.6 is 22.9 Å². The fourth-order valence-corrected chi connectivity index (χ4v) is 6.70. The SMILES string of the molecule is CC1(C)CNC(C2NC(c3ccccc3Cl)c3c(sc4c3CCC=C4)N3CNNC23)=N1. The second-order valence-electron chi connectivity index (χ2n) is 9.26. The minimum absolute atomic E-state index is 0.000752. The van der Waals surface area contributed by atoms with Crippen molar-refractivity contribution in [3.8, 4) is 0 Å². The molecule has 31 heavy (non-hydrogen) atoms. The standard InChI is InChI=1S/C23H27ClN6S/c1-23(2)11-25-20(28-23)19-21-29-26-12-30(21)22-17(14-8-4-6-10-16(14)31-22)18(27-19)13-7-3-5-9-15(13)24/h3,5-7,9-10,18-19,21,26-27,29H,4,8,11-12H2,1-2H3,(H,25,28). The van der Waals surface area contributed by atoms with Gasteiger partial charge in [-0.05, 0) is 50.0 Å². The molecule has 4 aliphatic rings. The smallest absolute Gasteiger partial charge is 0.118 e. The Kier molecular flexibility index (Phi) is 4.67. The highest BCUT2D eigenvalue weighted by Gasteiger charge is 2.45. The Morgan fingerprint density at radius 3 is 2.94 bits per heavy atom. The van der Waals surface area contributed by atoms with Gasteiger partial charge in [0, 0.05) is 22.0 Å². The molecule has 0 amide bonds. The molecule has 3 unspecified atom stereocenters. The lowest BCUT2D eigenvalue weighted by Crippen LogP contribution is -2.58. The number of hydrazine groups is 1. The molecule has 3 atom stereocenters. The Morgan fingerprint density at radius 1 is 1.26 bits per heavy atom. The summed E-state index contributed by atoms with van der Waals surface area (Å²) in [4.78, 5) is 8.87. The Bertz CT molecular complexity index is 1090. The van der Waals surface area contributed by atoms with Gasteiger partial charge in [-0.25, -0.2) is 10.9 Å². The third-order valence-corrected chi connectivity index (χ3v) is 8.17. The van der Waals surface area contributed by atoms with Crippen molar-refractivity contribution in [3.05, 3.63) is 56.9 Å². The average molecular weight is 455 g/mol. The van der Waals surface area contributed by atoms with Gasteiger partial charge >= 0.3 is 0 Å². The number of hydrogen-bond acceptors (Lipinski definition) is 7. The van der Waals surface area contributed by atoms with E-state index in [0.717, 1.165) is 42.5 Å². The zero-order valence-corrected chi connectivity index (χ0v) is 19.3. The molecule has 0 saturated carbocycles. The Balaban J connectivity index is 1.54. The van der Waals surface area contributed by atoms with Crippen LogP contribution in [0.2, 0.25) is 5.02 Å². The number of aliphatic imine (C=N–C) groups is 1. The number of hydrogen-bond donors (Lipinski definition) is 4. The first kappa shape index (κ1) is 19.8. The van der Waals surface area contributed by atoms with E-state index in [9.17, 15) is 0 Å². The number of halogens is 1. The highest BCUT2D eigenvalue weighted by molar-refractivity contribution is 7.17. The van der Waals surface area contributed by atoms with Gasteiger partial charge in [-0.3, -0.25) is 10.3 Å². The normalized spacial score (nSPS) is 28.4. The van der Waals surface area contributed by atoms with Crippen LogP contribution in [0.25, 0.3) is 6.08 Å². The maximum atomic E-state index is 6.76. The summed E-state index contributed by atoms with van der Waals surface area (Å²) in [6.45, 7) is 5.95. The summed E-state index contributed by atoms with van der Waals surface area (Å²) in [5, 5.41) is 9.67. The third-order valence-electron chi connectivity index (χ3n) is 6.57. The van der Waals surface area contributed by atoms with Crippen LogP contribution in [0, 0.1) is 0 Å². The van der Waals surface area contributed by atoms with Crippen molar-refractivity contribution in [2.24, 2.45) is 4.99 Å². The number of fused-ring (bicyclic) bond motifs is 5. The molecule has 0 spiro atoms. The van der Waals surface area contributed by atoms with Gasteiger partial charge < -0.3 is 10.2 Å². The summed E-state index contributed by atoms with van der Waals surface area (Å²) in [6, 6.07) is 8.22. The van der Waals surface area contributed by atoms with E-state index in [1.165, 1.54) is 21.0 Å². The van der Waals surface area contributed by atoms with Gasteiger partial charge in [0.25, 0.3) is 0 Å². The number of amidine groups is 1. The van der Waals surface area contributed by atoms with Crippen molar-refractivity contribution in [1.82, 2.24) is 21.5 Å². The van der Waals surface area contributed by atoms with E-state index >= 15 is 0 Å². The summed E-state index contributed by atoms with van der Waals surface area (Å²) >= 11 is 8.65. The highest BCUT2D eigenvalue weighted by Crippen LogP contribution is 2.48. The monoisotopic (exact) mass is 454 g/mol. The molecule has 1 aromatic heterocycles. The van der Waals surface area contributed by atoms with Crippen molar-refractivity contribution < 1.29 is 0 Å². The van der Waals surface area contributed by atoms with Crippen molar-refractivity contribution >= 4 is 39.9 Å². The lowest BCUT2D eigenvalue weighted by atomic mass is 9.91. The second kappa shape index (κ2) is 7.32. The van der Waals surface area contributed by atoms with Crippen molar-refractivity contribution in [1.29, 1.82) is 0 Å². The first-order valence-electron chi connectivity index (χ1n) is 10.9. The van der Waals surface area contributed by atoms with Gasteiger partial charge in [0.05, 0.1) is 23.3 Å². The van der Waals surface area contributed by atoms with E-state index in [1.807, 2.05) is 23.5 Å². The average Bonchev–Trinajstić information content (AvgIpc) is 3.45. The van der Waals surface area contributed by atoms with E-state index < -0.39 is 0 Å². The molecule has 2 aromatic rings. The fourth-order valence-electron chi connectivity index (χ4n) is 5.11. The predicted molar refractivity (Wildman–Crippen MR) is 129 cm³/mol. The van der Waals surface area contributed by atoms with Crippen molar-refractivity contribution in [2.75, 3.05) is 18.1 Å². The van der Waals surface area contributed by atoms with E-state index in [-0.39, 0.29) is 23.8 Å². The highest BCUT2D eigenvalue weighted by atomic mass is 35.5. The van der Waals surface area contributed by atoms with Gasteiger partial charge in [-0.2, -0.15) is 0 Å². The molecule has 0 radical (unpaired) electrons. The van der Waals surface area contributed by atoms with Gasteiger partial charge in [0.1, 0.15) is 18.0 Å². The van der Waals surface area contributed by atoms with Crippen LogP contribution in [0.4, 0.5) is 5.00 Å². The fraction of sp³-hybridized carbons (Fsp3) is 0.435. The molecule has 3 aliphatic heterocycles. The van der Waals surface area contributed by atoms with Crippen LogP contribution in [-0.2, 0) is 6.42 Å². The largest absolute Gasteiger partial charge is 0.370 e. The first-order chi connectivity index (χ1) is 15.0. The molecule has 1 aromatic carbocycles. The van der Waals surface area contributed by atoms with E-state index in [2.05, 4.69) is 64.5 Å². The summed E-state index contributed by atoms with van der Waals surface area (Å²) in [5.74, 6) is 1.01.